The van der Waals surface area contributed by atoms with Crippen LogP contribution in [0.4, 0.5) is 4.79 Å². The third-order valence-corrected chi connectivity index (χ3v) is 3.38. The van der Waals surface area contributed by atoms with Crippen molar-refractivity contribution in [3.8, 4) is 0 Å². The van der Waals surface area contributed by atoms with Gasteiger partial charge in [-0.05, 0) is 39.0 Å². The molecule has 0 aliphatic carbocycles. The van der Waals surface area contributed by atoms with E-state index in [-0.39, 0.29) is 5.03 Å². The second-order valence-corrected chi connectivity index (χ2v) is 6.88. The van der Waals surface area contributed by atoms with Gasteiger partial charge in [0.05, 0.1) is 17.6 Å². The number of H-pyrrole nitrogens is 1. The Hall–Kier alpha value is -1.93. The number of carbonyl (C=O) groups is 1. The normalized spacial score (nSPS) is 13.1. The Morgan fingerprint density at radius 2 is 2.14 bits per heavy atom. The van der Waals surface area contributed by atoms with Crippen LogP contribution in [0.1, 0.15) is 26.5 Å². The molecule has 0 fully saturated rings. The maximum atomic E-state index is 11.9. The van der Waals surface area contributed by atoms with Gasteiger partial charge in [0.2, 0.25) is 11.1 Å². The lowest BCUT2D eigenvalue weighted by Gasteiger charge is -2.24. The Morgan fingerprint density at radius 1 is 1.45 bits per heavy atom. The van der Waals surface area contributed by atoms with Gasteiger partial charge in [0.1, 0.15) is 5.60 Å². The summed E-state index contributed by atoms with van der Waals surface area (Å²) in [4.78, 5) is 20.6. The standard InChI is InChI=1S/C14H19N3O4S/c1-14(2,3)21-13(18)17(4)8-9-7-11-10(15-9)5-6-12(16-11)22(19)20/h5-7,15H,8H2,1-4H3,(H,19,20). The molecule has 2 aromatic heterocycles. The van der Waals surface area contributed by atoms with Gasteiger partial charge in [-0.15, -0.1) is 0 Å². The highest BCUT2D eigenvalue weighted by atomic mass is 32.2. The molecule has 1 atom stereocenters. The van der Waals surface area contributed by atoms with Crippen LogP contribution in [0.5, 0.6) is 0 Å². The van der Waals surface area contributed by atoms with Crippen LogP contribution >= 0.6 is 0 Å². The molecule has 0 radical (unpaired) electrons. The van der Waals surface area contributed by atoms with E-state index in [4.69, 9.17) is 9.29 Å². The van der Waals surface area contributed by atoms with Crippen LogP contribution in [-0.4, -0.2) is 42.4 Å². The van der Waals surface area contributed by atoms with Crippen molar-refractivity contribution in [3.63, 3.8) is 0 Å². The molecule has 2 rings (SSSR count). The third kappa shape index (κ3) is 4.05. The Kier molecular flexibility index (Phi) is 4.52. The van der Waals surface area contributed by atoms with Crippen LogP contribution in [0.25, 0.3) is 11.0 Å². The molecule has 0 saturated heterocycles. The first-order chi connectivity index (χ1) is 10.2. The molecule has 8 heteroatoms. The summed E-state index contributed by atoms with van der Waals surface area (Å²) in [5.74, 6) is 0. The first-order valence-electron chi connectivity index (χ1n) is 6.69. The molecule has 0 spiro atoms. The molecule has 2 N–H and O–H groups in total. The van der Waals surface area contributed by atoms with Crippen molar-refractivity contribution in [2.24, 2.45) is 0 Å². The molecule has 0 aromatic carbocycles. The number of nitrogens with one attached hydrogen (secondary N) is 1. The highest BCUT2D eigenvalue weighted by Gasteiger charge is 2.20. The summed E-state index contributed by atoms with van der Waals surface area (Å²) >= 11 is -2.11. The van der Waals surface area contributed by atoms with E-state index in [1.54, 1.807) is 19.2 Å². The van der Waals surface area contributed by atoms with Gasteiger partial charge in [0, 0.05) is 12.7 Å². The summed E-state index contributed by atoms with van der Waals surface area (Å²) in [7, 11) is 1.64. The Balaban J connectivity index is 2.14. The Morgan fingerprint density at radius 3 is 2.73 bits per heavy atom. The molecule has 7 nitrogen and oxygen atoms in total. The number of hydrogen-bond donors (Lipinski definition) is 2. The zero-order chi connectivity index (χ0) is 16.5. The van der Waals surface area contributed by atoms with Crippen LogP contribution in [-0.2, 0) is 22.4 Å². The van der Waals surface area contributed by atoms with Crippen molar-refractivity contribution in [2.75, 3.05) is 7.05 Å². The SMILES string of the molecule is CN(Cc1cc2nc(S(=O)O)ccc2[nH]1)C(=O)OC(C)(C)C. The van der Waals surface area contributed by atoms with Crippen molar-refractivity contribution < 1.29 is 18.3 Å². The smallest absolute Gasteiger partial charge is 0.410 e. The maximum Gasteiger partial charge on any atom is 0.410 e. The fourth-order valence-corrected chi connectivity index (χ4v) is 2.25. The minimum Gasteiger partial charge on any atom is -0.444 e. The predicted molar refractivity (Wildman–Crippen MR) is 82.8 cm³/mol. The van der Waals surface area contributed by atoms with Gasteiger partial charge in [-0.1, -0.05) is 0 Å². The van der Waals surface area contributed by atoms with E-state index >= 15 is 0 Å². The number of ether oxygens (including phenoxy) is 1. The van der Waals surface area contributed by atoms with E-state index in [0.29, 0.717) is 12.1 Å². The molecule has 1 unspecified atom stereocenters. The number of pyridine rings is 1. The van der Waals surface area contributed by atoms with Gasteiger partial charge in [-0.3, -0.25) is 0 Å². The molecule has 0 bridgehead atoms. The van der Waals surface area contributed by atoms with Gasteiger partial charge in [0.15, 0.2) is 5.03 Å². The van der Waals surface area contributed by atoms with E-state index < -0.39 is 22.8 Å². The third-order valence-electron chi connectivity index (χ3n) is 2.80. The van der Waals surface area contributed by atoms with Gasteiger partial charge in [-0.2, -0.15) is 0 Å². The van der Waals surface area contributed by atoms with E-state index in [0.717, 1.165) is 11.2 Å². The molecular weight excluding hydrogens is 306 g/mol. The van der Waals surface area contributed by atoms with Gasteiger partial charge >= 0.3 is 6.09 Å². The minimum absolute atomic E-state index is 0.0959. The molecule has 0 aliphatic rings. The van der Waals surface area contributed by atoms with E-state index in [1.807, 2.05) is 20.8 Å². The molecular formula is C14H19N3O4S. The van der Waals surface area contributed by atoms with E-state index in [2.05, 4.69) is 9.97 Å². The van der Waals surface area contributed by atoms with E-state index in [1.165, 1.54) is 11.0 Å². The first-order valence-corrected chi connectivity index (χ1v) is 7.80. The fourth-order valence-electron chi connectivity index (χ4n) is 1.89. The summed E-state index contributed by atoms with van der Waals surface area (Å²) in [5.41, 5.74) is 1.53. The zero-order valence-electron chi connectivity index (χ0n) is 12.9. The molecule has 2 aromatic rings. The predicted octanol–water partition coefficient (Wildman–Crippen LogP) is 2.51. The van der Waals surface area contributed by atoms with Crippen molar-refractivity contribution in [2.45, 2.75) is 37.9 Å². The highest BCUT2D eigenvalue weighted by molar-refractivity contribution is 7.79. The maximum absolute atomic E-state index is 11.9. The zero-order valence-corrected chi connectivity index (χ0v) is 13.7. The van der Waals surface area contributed by atoms with E-state index in [9.17, 15) is 9.00 Å². The summed E-state index contributed by atoms with van der Waals surface area (Å²) in [6.07, 6.45) is -0.420. The number of hydrogen-bond acceptors (Lipinski definition) is 4. The average Bonchev–Trinajstić information content (AvgIpc) is 2.77. The quantitative estimate of drug-likeness (QED) is 0.845. The number of nitrogens with zero attached hydrogens (tertiary/aromatic N) is 2. The number of carbonyl (C=O) groups excluding carboxylic acids is 1. The number of aromatic amines is 1. The number of aromatic nitrogens is 2. The number of rotatable bonds is 3. The summed E-state index contributed by atoms with van der Waals surface area (Å²) in [5, 5.41) is 0.0959. The van der Waals surface area contributed by atoms with Gasteiger partial charge in [0.25, 0.3) is 0 Å². The molecule has 2 heterocycles. The average molecular weight is 325 g/mol. The van der Waals surface area contributed by atoms with Crippen molar-refractivity contribution in [1.82, 2.24) is 14.9 Å². The minimum atomic E-state index is -2.11. The van der Waals surface area contributed by atoms with Crippen LogP contribution in [0.15, 0.2) is 23.2 Å². The molecule has 22 heavy (non-hydrogen) atoms. The Labute approximate surface area is 131 Å². The molecule has 1 amide bonds. The van der Waals surface area contributed by atoms with Crippen LogP contribution in [0.3, 0.4) is 0 Å². The van der Waals surface area contributed by atoms with Crippen LogP contribution in [0, 0.1) is 0 Å². The topological polar surface area (TPSA) is 95.5 Å². The highest BCUT2D eigenvalue weighted by Crippen LogP contribution is 2.17. The lowest BCUT2D eigenvalue weighted by Crippen LogP contribution is -2.33. The lowest BCUT2D eigenvalue weighted by molar-refractivity contribution is 0.0283. The summed E-state index contributed by atoms with van der Waals surface area (Å²) in [6.45, 7) is 5.75. The largest absolute Gasteiger partial charge is 0.444 e. The van der Waals surface area contributed by atoms with Gasteiger partial charge < -0.3 is 19.2 Å². The molecule has 120 valence electrons. The fraction of sp³-hybridized carbons (Fsp3) is 0.429. The first kappa shape index (κ1) is 16.4. The monoisotopic (exact) mass is 325 g/mol. The second kappa shape index (κ2) is 6.05. The van der Waals surface area contributed by atoms with Crippen molar-refractivity contribution in [3.05, 3.63) is 23.9 Å². The van der Waals surface area contributed by atoms with Crippen LogP contribution in [0.2, 0.25) is 0 Å². The van der Waals surface area contributed by atoms with Gasteiger partial charge in [-0.25, -0.2) is 14.0 Å². The number of amides is 1. The number of fused-ring (bicyclic) bond motifs is 1. The molecule has 0 saturated carbocycles. The summed E-state index contributed by atoms with van der Waals surface area (Å²) in [6, 6.07) is 4.91. The second-order valence-electron chi connectivity index (χ2n) is 5.96. The molecule has 0 aliphatic heterocycles. The lowest BCUT2D eigenvalue weighted by atomic mass is 10.2. The van der Waals surface area contributed by atoms with Crippen molar-refractivity contribution >= 4 is 28.2 Å². The van der Waals surface area contributed by atoms with Crippen LogP contribution < -0.4 is 0 Å². The summed E-state index contributed by atoms with van der Waals surface area (Å²) < 4.78 is 25.3. The van der Waals surface area contributed by atoms with Crippen molar-refractivity contribution in [1.29, 1.82) is 0 Å². The Bertz CT molecular complexity index is 720.